The minimum atomic E-state index is -3.64. The quantitative estimate of drug-likeness (QED) is 0.897. The Kier molecular flexibility index (Phi) is 5.18. The molecule has 7 heteroatoms. The van der Waals surface area contributed by atoms with E-state index in [4.69, 9.17) is 5.73 Å². The highest BCUT2D eigenvalue weighted by molar-refractivity contribution is 7.90. The Morgan fingerprint density at radius 3 is 2.86 bits per heavy atom. The van der Waals surface area contributed by atoms with Crippen LogP contribution in [-0.4, -0.2) is 38.9 Å². The number of rotatable bonds is 5. The minimum absolute atomic E-state index is 0.194. The maximum atomic E-state index is 13.4. The molecule has 0 radical (unpaired) electrons. The molecule has 0 spiro atoms. The molecule has 1 heterocycles. The highest BCUT2D eigenvalue weighted by Gasteiger charge is 2.32. The standard InChI is InChI=1S/C14H22FN3O2S/c1-2-18(14-7-3-6-13(15)9-14)21(19,20)17-8-4-5-12(10-16)11-17/h3,6-7,9,12H,2,4-5,8,10-11,16H2,1H3. The summed E-state index contributed by atoms with van der Waals surface area (Å²) in [5, 5.41) is 0. The first kappa shape index (κ1) is 16.2. The minimum Gasteiger partial charge on any atom is -0.330 e. The molecule has 2 N–H and O–H groups in total. The van der Waals surface area contributed by atoms with Crippen molar-refractivity contribution in [3.8, 4) is 0 Å². The van der Waals surface area contributed by atoms with Gasteiger partial charge in [0, 0.05) is 19.6 Å². The zero-order valence-corrected chi connectivity index (χ0v) is 13.0. The zero-order valence-electron chi connectivity index (χ0n) is 12.2. The third-order valence-electron chi connectivity index (χ3n) is 3.80. The number of nitrogens with two attached hydrogens (primary N) is 1. The molecule has 118 valence electrons. The van der Waals surface area contributed by atoms with E-state index in [1.807, 2.05) is 0 Å². The fraction of sp³-hybridized carbons (Fsp3) is 0.571. The number of hydrogen-bond acceptors (Lipinski definition) is 3. The van der Waals surface area contributed by atoms with Crippen molar-refractivity contribution in [1.82, 2.24) is 4.31 Å². The van der Waals surface area contributed by atoms with Gasteiger partial charge in [-0.3, -0.25) is 4.31 Å². The topological polar surface area (TPSA) is 66.6 Å². The van der Waals surface area contributed by atoms with E-state index in [1.54, 1.807) is 13.0 Å². The molecule has 0 amide bonds. The van der Waals surface area contributed by atoms with E-state index in [0.29, 0.717) is 25.3 Å². The van der Waals surface area contributed by atoms with Gasteiger partial charge < -0.3 is 5.73 Å². The van der Waals surface area contributed by atoms with Crippen LogP contribution < -0.4 is 10.0 Å². The summed E-state index contributed by atoms with van der Waals surface area (Å²) in [5.41, 5.74) is 6.02. The average Bonchev–Trinajstić information content (AvgIpc) is 2.48. The molecule has 1 unspecified atom stereocenters. The van der Waals surface area contributed by atoms with Crippen LogP contribution in [0, 0.1) is 11.7 Å². The van der Waals surface area contributed by atoms with E-state index in [9.17, 15) is 12.8 Å². The van der Waals surface area contributed by atoms with Gasteiger partial charge in [0.25, 0.3) is 0 Å². The van der Waals surface area contributed by atoms with Gasteiger partial charge in [-0.25, -0.2) is 4.39 Å². The van der Waals surface area contributed by atoms with Crippen molar-refractivity contribution in [2.24, 2.45) is 11.7 Å². The fourth-order valence-electron chi connectivity index (χ4n) is 2.68. The molecule has 1 aromatic rings. The van der Waals surface area contributed by atoms with Gasteiger partial charge >= 0.3 is 10.2 Å². The molecular weight excluding hydrogens is 293 g/mol. The van der Waals surface area contributed by atoms with Crippen LogP contribution in [0.5, 0.6) is 0 Å². The van der Waals surface area contributed by atoms with E-state index in [2.05, 4.69) is 0 Å². The second kappa shape index (κ2) is 6.72. The molecule has 5 nitrogen and oxygen atoms in total. The van der Waals surface area contributed by atoms with E-state index in [0.717, 1.165) is 12.8 Å². The molecule has 1 aliphatic rings. The highest BCUT2D eigenvalue weighted by Crippen LogP contribution is 2.25. The predicted molar refractivity (Wildman–Crippen MR) is 81.7 cm³/mol. The van der Waals surface area contributed by atoms with E-state index < -0.39 is 16.0 Å². The second-order valence-corrected chi connectivity index (χ2v) is 7.11. The molecule has 1 atom stereocenters. The third-order valence-corrected chi connectivity index (χ3v) is 5.81. The van der Waals surface area contributed by atoms with Gasteiger partial charge in [0.1, 0.15) is 5.82 Å². The van der Waals surface area contributed by atoms with Crippen molar-refractivity contribution in [2.45, 2.75) is 19.8 Å². The SMILES string of the molecule is CCN(c1cccc(F)c1)S(=O)(=O)N1CCCC(CN)C1. The van der Waals surface area contributed by atoms with Crippen LogP contribution >= 0.6 is 0 Å². The summed E-state index contributed by atoms with van der Waals surface area (Å²) in [6.45, 7) is 3.41. The van der Waals surface area contributed by atoms with Crippen LogP contribution in [0.15, 0.2) is 24.3 Å². The van der Waals surface area contributed by atoms with Crippen LogP contribution in [0.3, 0.4) is 0 Å². The summed E-state index contributed by atoms with van der Waals surface area (Å²) >= 11 is 0. The lowest BCUT2D eigenvalue weighted by Crippen LogP contribution is -2.49. The van der Waals surface area contributed by atoms with Gasteiger partial charge in [0.05, 0.1) is 5.69 Å². The number of nitrogens with zero attached hydrogens (tertiary/aromatic N) is 2. The Morgan fingerprint density at radius 1 is 1.48 bits per heavy atom. The van der Waals surface area contributed by atoms with E-state index >= 15 is 0 Å². The lowest BCUT2D eigenvalue weighted by Gasteiger charge is -2.35. The Morgan fingerprint density at radius 2 is 2.24 bits per heavy atom. The molecule has 1 aromatic carbocycles. The maximum Gasteiger partial charge on any atom is 0.304 e. The van der Waals surface area contributed by atoms with Gasteiger partial charge in [-0.05, 0) is 50.4 Å². The highest BCUT2D eigenvalue weighted by atomic mass is 32.2. The van der Waals surface area contributed by atoms with Crippen LogP contribution in [-0.2, 0) is 10.2 Å². The zero-order chi connectivity index (χ0) is 15.5. The molecule has 0 aromatic heterocycles. The van der Waals surface area contributed by atoms with Crippen molar-refractivity contribution in [3.63, 3.8) is 0 Å². The Labute approximate surface area is 125 Å². The Hall–Kier alpha value is -1.18. The molecular formula is C14H22FN3O2S. The predicted octanol–water partition coefficient (Wildman–Crippen LogP) is 1.57. The van der Waals surface area contributed by atoms with Crippen molar-refractivity contribution in [2.75, 3.05) is 30.5 Å². The van der Waals surface area contributed by atoms with Crippen molar-refractivity contribution in [1.29, 1.82) is 0 Å². The Bertz CT molecular complexity index is 579. The monoisotopic (exact) mass is 315 g/mol. The lowest BCUT2D eigenvalue weighted by atomic mass is 10.0. The number of hydrogen-bond donors (Lipinski definition) is 1. The summed E-state index contributed by atoms with van der Waals surface area (Å²) in [5.74, 6) is -0.251. The maximum absolute atomic E-state index is 13.4. The molecule has 0 bridgehead atoms. The number of halogens is 1. The molecule has 1 saturated heterocycles. The van der Waals surface area contributed by atoms with Crippen LogP contribution in [0.1, 0.15) is 19.8 Å². The summed E-state index contributed by atoms with van der Waals surface area (Å²) in [6.07, 6.45) is 1.76. The third kappa shape index (κ3) is 3.53. The Balaban J connectivity index is 2.27. The first-order valence-corrected chi connectivity index (χ1v) is 8.62. The fourth-order valence-corrected chi connectivity index (χ4v) is 4.42. The largest absolute Gasteiger partial charge is 0.330 e. The molecule has 1 fully saturated rings. The van der Waals surface area contributed by atoms with Crippen molar-refractivity contribution >= 4 is 15.9 Å². The van der Waals surface area contributed by atoms with Crippen LogP contribution in [0.4, 0.5) is 10.1 Å². The first-order chi connectivity index (χ1) is 9.98. The van der Waals surface area contributed by atoms with Gasteiger partial charge in [-0.15, -0.1) is 0 Å². The lowest BCUT2D eigenvalue weighted by molar-refractivity contribution is 0.271. The van der Waals surface area contributed by atoms with Gasteiger partial charge in [0.15, 0.2) is 0 Å². The van der Waals surface area contributed by atoms with E-state index in [-0.39, 0.29) is 12.5 Å². The molecule has 0 saturated carbocycles. The van der Waals surface area contributed by atoms with Crippen LogP contribution in [0.2, 0.25) is 0 Å². The second-order valence-electron chi connectivity index (χ2n) is 5.25. The average molecular weight is 315 g/mol. The summed E-state index contributed by atoms with van der Waals surface area (Å²) < 4.78 is 41.6. The van der Waals surface area contributed by atoms with Gasteiger partial charge in [-0.1, -0.05) is 6.07 Å². The van der Waals surface area contributed by atoms with E-state index in [1.165, 1.54) is 26.8 Å². The van der Waals surface area contributed by atoms with Gasteiger partial charge in [0.2, 0.25) is 0 Å². The molecule has 1 aliphatic heterocycles. The summed E-state index contributed by atoms with van der Waals surface area (Å²) in [7, 11) is -3.64. The van der Waals surface area contributed by atoms with Crippen molar-refractivity contribution in [3.05, 3.63) is 30.1 Å². The number of benzene rings is 1. The molecule has 2 rings (SSSR count). The summed E-state index contributed by atoms with van der Waals surface area (Å²) in [6, 6.07) is 5.66. The smallest absolute Gasteiger partial charge is 0.304 e. The van der Waals surface area contributed by atoms with Crippen molar-refractivity contribution < 1.29 is 12.8 Å². The number of anilines is 1. The normalized spacial score (nSPS) is 20.4. The van der Waals surface area contributed by atoms with Crippen LogP contribution in [0.25, 0.3) is 0 Å². The summed E-state index contributed by atoms with van der Waals surface area (Å²) in [4.78, 5) is 0. The van der Waals surface area contributed by atoms with Gasteiger partial charge in [-0.2, -0.15) is 12.7 Å². The first-order valence-electron chi connectivity index (χ1n) is 7.22. The molecule has 21 heavy (non-hydrogen) atoms. The number of piperidine rings is 1. The molecule has 0 aliphatic carbocycles.